The first-order valence-electron chi connectivity index (χ1n) is 11.9. The lowest BCUT2D eigenvalue weighted by Gasteiger charge is -2.25. The van der Waals surface area contributed by atoms with E-state index in [2.05, 4.69) is 15.6 Å². The fourth-order valence-corrected chi connectivity index (χ4v) is 4.41. The monoisotopic (exact) mass is 458 g/mol. The molecule has 0 spiro atoms. The largest absolute Gasteiger partial charge is 0.341 e. The first-order valence-corrected chi connectivity index (χ1v) is 11.9. The van der Waals surface area contributed by atoms with Crippen LogP contribution in [0.1, 0.15) is 32.1 Å². The smallest absolute Gasteiger partial charge is 0.247 e. The van der Waals surface area contributed by atoms with Gasteiger partial charge in [-0.15, -0.1) is 0 Å². The summed E-state index contributed by atoms with van der Waals surface area (Å²) in [6, 6.07) is 17.2. The summed E-state index contributed by atoms with van der Waals surface area (Å²) < 4.78 is 0. The number of aliphatic imine (C=N–C) groups is 1. The Bertz CT molecular complexity index is 1050. The van der Waals surface area contributed by atoms with Crippen LogP contribution in [-0.4, -0.2) is 59.8 Å². The van der Waals surface area contributed by atoms with Crippen molar-refractivity contribution in [2.45, 2.75) is 38.1 Å². The van der Waals surface area contributed by atoms with Crippen LogP contribution >= 0.6 is 0 Å². The molecule has 2 N–H and O–H groups in total. The number of carbonyl (C=O) groups is 2. The molecule has 2 heterocycles. The number of nitrogens with one attached hydrogen (secondary N) is 2. The third-order valence-corrected chi connectivity index (χ3v) is 6.25. The number of likely N-dealkylation sites (tertiary alicyclic amines) is 2. The van der Waals surface area contributed by atoms with Crippen molar-refractivity contribution >= 4 is 23.5 Å². The molecular weight excluding hydrogens is 428 g/mol. The summed E-state index contributed by atoms with van der Waals surface area (Å²) in [4.78, 5) is 33.8. The van der Waals surface area contributed by atoms with Gasteiger partial charge in [-0.05, 0) is 55.4 Å². The van der Waals surface area contributed by atoms with Gasteiger partial charge in [-0.3, -0.25) is 14.9 Å². The lowest BCUT2D eigenvalue weighted by atomic mass is 10.1. The minimum Gasteiger partial charge on any atom is -0.341 e. The van der Waals surface area contributed by atoms with E-state index in [4.69, 9.17) is 0 Å². The van der Waals surface area contributed by atoms with Crippen molar-refractivity contribution in [1.29, 1.82) is 5.26 Å². The van der Waals surface area contributed by atoms with E-state index in [-0.39, 0.29) is 24.3 Å². The minimum atomic E-state index is -0.638. The Morgan fingerprint density at radius 2 is 1.65 bits per heavy atom. The van der Waals surface area contributed by atoms with Gasteiger partial charge in [0.1, 0.15) is 6.04 Å². The van der Waals surface area contributed by atoms with Gasteiger partial charge in [0.05, 0.1) is 6.54 Å². The van der Waals surface area contributed by atoms with Crippen LogP contribution in [-0.2, 0) is 9.59 Å². The van der Waals surface area contributed by atoms with Crippen LogP contribution in [0.4, 0.5) is 5.69 Å². The number of guanidine groups is 1. The first-order chi connectivity index (χ1) is 16.6. The van der Waals surface area contributed by atoms with E-state index >= 15 is 0 Å². The first kappa shape index (κ1) is 23.3. The topological polar surface area (TPSA) is 101 Å². The highest BCUT2D eigenvalue weighted by Crippen LogP contribution is 2.21. The van der Waals surface area contributed by atoms with Gasteiger partial charge in [-0.1, -0.05) is 42.5 Å². The zero-order valence-electron chi connectivity index (χ0n) is 19.2. The Labute approximate surface area is 200 Å². The Morgan fingerprint density at radius 3 is 2.35 bits per heavy atom. The van der Waals surface area contributed by atoms with Crippen LogP contribution in [0, 0.1) is 11.5 Å². The van der Waals surface area contributed by atoms with Crippen molar-refractivity contribution in [3.05, 3.63) is 54.6 Å². The molecule has 2 aromatic rings. The molecule has 0 aliphatic carbocycles. The highest BCUT2D eigenvalue weighted by Gasteiger charge is 2.30. The van der Waals surface area contributed by atoms with Crippen molar-refractivity contribution < 1.29 is 9.59 Å². The van der Waals surface area contributed by atoms with Crippen LogP contribution in [0.5, 0.6) is 0 Å². The Balaban J connectivity index is 1.45. The van der Waals surface area contributed by atoms with Gasteiger partial charge in [0.15, 0.2) is 6.19 Å². The molecule has 2 fully saturated rings. The number of anilines is 1. The van der Waals surface area contributed by atoms with E-state index in [0.29, 0.717) is 13.0 Å². The molecular formula is C26H30N6O2. The maximum atomic E-state index is 13.2. The van der Waals surface area contributed by atoms with E-state index in [1.165, 1.54) is 0 Å². The molecule has 1 atom stereocenters. The maximum absolute atomic E-state index is 13.2. The molecule has 2 aliphatic rings. The van der Waals surface area contributed by atoms with Gasteiger partial charge in [0, 0.05) is 25.3 Å². The lowest BCUT2D eigenvalue weighted by molar-refractivity contribution is -0.140. The second kappa shape index (κ2) is 11.3. The van der Waals surface area contributed by atoms with Gasteiger partial charge in [-0.25, -0.2) is 4.99 Å². The molecule has 0 radical (unpaired) electrons. The van der Waals surface area contributed by atoms with Crippen LogP contribution in [0.3, 0.4) is 0 Å². The highest BCUT2D eigenvalue weighted by molar-refractivity contribution is 5.97. The number of hydrogen-bond donors (Lipinski definition) is 2. The summed E-state index contributed by atoms with van der Waals surface area (Å²) in [6.45, 7) is 2.19. The molecule has 8 heteroatoms. The third-order valence-electron chi connectivity index (χ3n) is 6.25. The van der Waals surface area contributed by atoms with E-state index < -0.39 is 6.04 Å². The van der Waals surface area contributed by atoms with Crippen LogP contribution in [0.15, 0.2) is 59.6 Å². The number of benzene rings is 2. The lowest BCUT2D eigenvalue weighted by Crippen LogP contribution is -2.45. The average molecular weight is 459 g/mol. The quantitative estimate of drug-likeness (QED) is 0.310. The molecule has 1 unspecified atom stereocenters. The normalized spacial score (nSPS) is 18.9. The molecule has 0 saturated carbocycles. The molecule has 2 aliphatic heterocycles. The zero-order chi connectivity index (χ0) is 23.8. The molecule has 4 rings (SSSR count). The number of nitrogens with zero attached hydrogens (tertiary/aromatic N) is 4. The van der Waals surface area contributed by atoms with Crippen LogP contribution < -0.4 is 10.6 Å². The minimum absolute atomic E-state index is 0.00230. The summed E-state index contributed by atoms with van der Waals surface area (Å²) >= 11 is 0. The molecule has 176 valence electrons. The maximum Gasteiger partial charge on any atom is 0.247 e. The summed E-state index contributed by atoms with van der Waals surface area (Å²) in [6.07, 6.45) is 6.19. The molecule has 0 bridgehead atoms. The second-order valence-corrected chi connectivity index (χ2v) is 8.64. The summed E-state index contributed by atoms with van der Waals surface area (Å²) in [5.41, 5.74) is 2.95. The number of hydrogen-bond acceptors (Lipinski definition) is 4. The standard InChI is InChI=1S/C26H30N6O2/c27-19-28-26(29-22-13-11-21(12-14-22)20-8-2-1-3-9-20)30-23-10-4-5-17-32(25(23)34)18-24(33)31-15-6-7-16-31/h1-3,8-9,11-14,23H,4-7,10,15-18H2,(H2,28,29,30). The van der Waals surface area contributed by atoms with E-state index in [1.807, 2.05) is 65.7 Å². The molecule has 0 aromatic heterocycles. The Hall–Kier alpha value is -3.86. The average Bonchev–Trinajstić information content (AvgIpc) is 3.35. The van der Waals surface area contributed by atoms with Crippen LogP contribution in [0.2, 0.25) is 0 Å². The van der Waals surface area contributed by atoms with Crippen LogP contribution in [0.25, 0.3) is 11.1 Å². The third kappa shape index (κ3) is 5.93. The van der Waals surface area contributed by atoms with Crippen molar-refractivity contribution in [1.82, 2.24) is 15.1 Å². The number of nitriles is 1. The van der Waals surface area contributed by atoms with Crippen molar-refractivity contribution in [2.24, 2.45) is 4.99 Å². The fourth-order valence-electron chi connectivity index (χ4n) is 4.41. The zero-order valence-corrected chi connectivity index (χ0v) is 19.2. The van der Waals surface area contributed by atoms with Crippen molar-refractivity contribution in [3.8, 4) is 17.3 Å². The molecule has 2 aromatic carbocycles. The predicted octanol–water partition coefficient (Wildman–Crippen LogP) is 3.20. The fraction of sp³-hybridized carbons (Fsp3) is 0.385. The van der Waals surface area contributed by atoms with Gasteiger partial charge >= 0.3 is 0 Å². The van der Waals surface area contributed by atoms with Gasteiger partial charge in [0.25, 0.3) is 0 Å². The Morgan fingerprint density at radius 1 is 0.971 bits per heavy atom. The molecule has 34 heavy (non-hydrogen) atoms. The van der Waals surface area contributed by atoms with Gasteiger partial charge in [0.2, 0.25) is 17.8 Å². The number of carbonyl (C=O) groups excluding carboxylic acids is 2. The van der Waals surface area contributed by atoms with Gasteiger partial charge in [-0.2, -0.15) is 5.26 Å². The summed E-state index contributed by atoms with van der Waals surface area (Å²) in [7, 11) is 0. The number of amides is 2. The Kier molecular flexibility index (Phi) is 7.76. The summed E-state index contributed by atoms with van der Waals surface area (Å²) in [5, 5.41) is 14.9. The predicted molar refractivity (Wildman–Crippen MR) is 132 cm³/mol. The molecule has 2 amide bonds. The van der Waals surface area contributed by atoms with Gasteiger partial charge < -0.3 is 15.1 Å². The van der Waals surface area contributed by atoms with Crippen molar-refractivity contribution in [2.75, 3.05) is 31.5 Å². The molecule has 2 saturated heterocycles. The highest BCUT2D eigenvalue weighted by atomic mass is 16.2. The SMILES string of the molecule is N#CNC(=NC1CCCCN(CC(=O)N2CCCC2)C1=O)Nc1ccc(-c2ccccc2)cc1. The second-order valence-electron chi connectivity index (χ2n) is 8.64. The van der Waals surface area contributed by atoms with E-state index in [0.717, 1.165) is 55.6 Å². The number of rotatable bonds is 5. The van der Waals surface area contributed by atoms with E-state index in [9.17, 15) is 14.9 Å². The summed E-state index contributed by atoms with van der Waals surface area (Å²) in [5.74, 6) is 0.0621. The molecule has 8 nitrogen and oxygen atoms in total. The van der Waals surface area contributed by atoms with E-state index in [1.54, 1.807) is 4.90 Å². The van der Waals surface area contributed by atoms with Crippen molar-refractivity contribution in [3.63, 3.8) is 0 Å².